The van der Waals surface area contributed by atoms with Crippen molar-refractivity contribution in [2.24, 2.45) is 0 Å². The van der Waals surface area contributed by atoms with Crippen LogP contribution in [-0.2, 0) is 10.8 Å². The van der Waals surface area contributed by atoms with Crippen LogP contribution in [0.2, 0.25) is 0 Å². The maximum Gasteiger partial charge on any atom is 0.0705 e. The molecule has 1 aliphatic rings. The lowest BCUT2D eigenvalue weighted by Gasteiger charge is -2.09. The van der Waals surface area contributed by atoms with Crippen molar-refractivity contribution in [3.8, 4) is 9.75 Å². The summed E-state index contributed by atoms with van der Waals surface area (Å²) in [5.41, 5.74) is 1.08. The lowest BCUT2D eigenvalue weighted by Crippen LogP contribution is -1.93. The standard InChI is InChI=1S/C15H12OS3/c1-2-12(11-7-9-19(16)10-11)13-5-6-15(18-13)14-4-3-8-17-14/h2-10,12H,1H2. The first-order valence-corrected chi connectivity index (χ1v) is 8.80. The van der Waals surface area contributed by atoms with E-state index in [-0.39, 0.29) is 5.92 Å². The third kappa shape index (κ3) is 2.56. The van der Waals surface area contributed by atoms with Gasteiger partial charge in [0.2, 0.25) is 0 Å². The lowest BCUT2D eigenvalue weighted by atomic mass is 9.99. The van der Waals surface area contributed by atoms with Crippen molar-refractivity contribution >= 4 is 33.5 Å². The molecule has 2 aromatic heterocycles. The molecule has 1 nitrogen and oxygen atoms in total. The van der Waals surface area contributed by atoms with Crippen LogP contribution < -0.4 is 0 Å². The van der Waals surface area contributed by atoms with Gasteiger partial charge in [-0.25, -0.2) is 0 Å². The summed E-state index contributed by atoms with van der Waals surface area (Å²) in [6, 6.07) is 8.49. The average molecular weight is 304 g/mol. The molecule has 3 heterocycles. The van der Waals surface area contributed by atoms with Crippen LogP contribution in [0, 0.1) is 0 Å². The molecule has 19 heavy (non-hydrogen) atoms. The van der Waals surface area contributed by atoms with Crippen LogP contribution in [0.15, 0.2) is 64.8 Å². The molecule has 0 aromatic carbocycles. The molecule has 2 atom stereocenters. The molecular weight excluding hydrogens is 292 g/mol. The van der Waals surface area contributed by atoms with E-state index in [9.17, 15) is 4.21 Å². The summed E-state index contributed by atoms with van der Waals surface area (Å²) in [4.78, 5) is 3.81. The Morgan fingerprint density at radius 2 is 2.16 bits per heavy atom. The van der Waals surface area contributed by atoms with Crippen molar-refractivity contribution in [1.29, 1.82) is 0 Å². The van der Waals surface area contributed by atoms with Crippen molar-refractivity contribution in [3.63, 3.8) is 0 Å². The van der Waals surface area contributed by atoms with Crippen LogP contribution in [0.1, 0.15) is 10.8 Å². The Hall–Kier alpha value is -1.23. The van der Waals surface area contributed by atoms with Gasteiger partial charge in [-0.05, 0) is 35.2 Å². The Labute approximate surface area is 123 Å². The molecule has 0 bridgehead atoms. The smallest absolute Gasteiger partial charge is 0.0705 e. The summed E-state index contributed by atoms with van der Waals surface area (Å²) in [6.45, 7) is 3.91. The van der Waals surface area contributed by atoms with Gasteiger partial charge in [-0.15, -0.1) is 29.3 Å². The van der Waals surface area contributed by atoms with Gasteiger partial charge in [0.25, 0.3) is 0 Å². The molecule has 96 valence electrons. The molecule has 2 unspecified atom stereocenters. The van der Waals surface area contributed by atoms with E-state index in [0.717, 1.165) is 5.57 Å². The lowest BCUT2D eigenvalue weighted by molar-refractivity contribution is 0.693. The van der Waals surface area contributed by atoms with E-state index >= 15 is 0 Å². The zero-order valence-corrected chi connectivity index (χ0v) is 12.6. The second kappa shape index (κ2) is 5.41. The van der Waals surface area contributed by atoms with Gasteiger partial charge in [0, 0.05) is 31.4 Å². The summed E-state index contributed by atoms with van der Waals surface area (Å²) in [5.74, 6) is 0.140. The van der Waals surface area contributed by atoms with Crippen LogP contribution in [0.3, 0.4) is 0 Å². The number of hydrogen-bond donors (Lipinski definition) is 0. The van der Waals surface area contributed by atoms with Crippen molar-refractivity contribution in [2.75, 3.05) is 0 Å². The van der Waals surface area contributed by atoms with Crippen LogP contribution in [-0.4, -0.2) is 4.21 Å². The average Bonchev–Trinajstić information content (AvgIpc) is 3.10. The molecule has 2 aromatic rings. The zero-order chi connectivity index (χ0) is 13.2. The molecule has 0 saturated carbocycles. The monoisotopic (exact) mass is 304 g/mol. The van der Waals surface area contributed by atoms with E-state index < -0.39 is 10.8 Å². The molecule has 3 rings (SSSR count). The van der Waals surface area contributed by atoms with Crippen molar-refractivity contribution in [3.05, 3.63) is 69.6 Å². The normalized spacial score (nSPS) is 19.4. The highest BCUT2D eigenvalue weighted by Gasteiger charge is 2.17. The highest BCUT2D eigenvalue weighted by Crippen LogP contribution is 2.38. The number of thiophene rings is 2. The molecule has 0 fully saturated rings. The predicted octanol–water partition coefficient (Wildman–Crippen LogP) is 4.91. The summed E-state index contributed by atoms with van der Waals surface area (Å²) in [6.07, 6.45) is 3.86. The van der Waals surface area contributed by atoms with Gasteiger partial charge in [0.1, 0.15) is 0 Å². The Morgan fingerprint density at radius 1 is 1.26 bits per heavy atom. The Kier molecular flexibility index (Phi) is 3.64. The van der Waals surface area contributed by atoms with Crippen LogP contribution in [0.5, 0.6) is 0 Å². The third-order valence-corrected chi connectivity index (χ3v) is 6.08. The highest BCUT2D eigenvalue weighted by molar-refractivity contribution is 7.91. The fraction of sp³-hybridized carbons (Fsp3) is 0.0667. The second-order valence-corrected chi connectivity index (χ2v) is 7.37. The Bertz CT molecular complexity index is 674. The van der Waals surface area contributed by atoms with Gasteiger partial charge in [0.05, 0.1) is 10.8 Å². The third-order valence-electron chi connectivity index (χ3n) is 2.94. The molecule has 0 amide bonds. The van der Waals surface area contributed by atoms with Gasteiger partial charge in [-0.1, -0.05) is 12.1 Å². The van der Waals surface area contributed by atoms with E-state index in [4.69, 9.17) is 0 Å². The van der Waals surface area contributed by atoms with E-state index in [0.29, 0.717) is 0 Å². The summed E-state index contributed by atoms with van der Waals surface area (Å²) >= 11 is 3.53. The quantitative estimate of drug-likeness (QED) is 0.734. The van der Waals surface area contributed by atoms with E-state index in [1.165, 1.54) is 14.6 Å². The maximum atomic E-state index is 11.4. The minimum atomic E-state index is -0.955. The second-order valence-electron chi connectivity index (χ2n) is 4.14. The van der Waals surface area contributed by atoms with Gasteiger partial charge in [0.15, 0.2) is 0 Å². The van der Waals surface area contributed by atoms with Crippen LogP contribution in [0.25, 0.3) is 9.75 Å². The topological polar surface area (TPSA) is 17.1 Å². The number of allylic oxidation sites excluding steroid dienone is 3. The first-order chi connectivity index (χ1) is 9.28. The first kappa shape index (κ1) is 12.8. The summed E-state index contributed by atoms with van der Waals surface area (Å²) in [7, 11) is -0.955. The molecule has 0 N–H and O–H groups in total. The van der Waals surface area contributed by atoms with Gasteiger partial charge < -0.3 is 0 Å². The molecule has 0 saturated heterocycles. The van der Waals surface area contributed by atoms with Crippen LogP contribution in [0.4, 0.5) is 0 Å². The fourth-order valence-electron chi connectivity index (χ4n) is 2.02. The molecule has 0 radical (unpaired) electrons. The van der Waals surface area contributed by atoms with Gasteiger partial charge in [-0.3, -0.25) is 4.21 Å². The largest absolute Gasteiger partial charge is 0.250 e. The molecule has 0 spiro atoms. The summed E-state index contributed by atoms with van der Waals surface area (Å²) in [5, 5.41) is 5.61. The molecule has 0 aliphatic carbocycles. The van der Waals surface area contributed by atoms with Crippen molar-refractivity contribution < 1.29 is 4.21 Å². The molecule has 4 heteroatoms. The van der Waals surface area contributed by atoms with E-state index in [2.05, 4.69) is 36.2 Å². The van der Waals surface area contributed by atoms with Crippen molar-refractivity contribution in [1.82, 2.24) is 0 Å². The number of hydrogen-bond acceptors (Lipinski definition) is 3. The minimum absolute atomic E-state index is 0.140. The van der Waals surface area contributed by atoms with Gasteiger partial charge in [-0.2, -0.15) is 0 Å². The van der Waals surface area contributed by atoms with E-state index in [1.807, 2.05) is 12.2 Å². The van der Waals surface area contributed by atoms with Gasteiger partial charge >= 0.3 is 0 Å². The predicted molar refractivity (Wildman–Crippen MR) is 85.9 cm³/mol. The number of rotatable bonds is 4. The Balaban J connectivity index is 1.93. The minimum Gasteiger partial charge on any atom is -0.250 e. The molecular formula is C15H12OS3. The SMILES string of the molecule is C=CC(C1=CS(=O)C=C1)c1ccc(-c2cccs2)s1. The highest BCUT2D eigenvalue weighted by atomic mass is 32.2. The Morgan fingerprint density at radius 3 is 2.79 bits per heavy atom. The molecule has 1 aliphatic heterocycles. The fourth-order valence-corrected chi connectivity index (χ4v) is 4.85. The first-order valence-electron chi connectivity index (χ1n) is 5.83. The van der Waals surface area contributed by atoms with E-state index in [1.54, 1.807) is 33.5 Å². The maximum absolute atomic E-state index is 11.4. The van der Waals surface area contributed by atoms with Crippen molar-refractivity contribution in [2.45, 2.75) is 5.92 Å². The zero-order valence-electron chi connectivity index (χ0n) is 10.1. The summed E-state index contributed by atoms with van der Waals surface area (Å²) < 4.78 is 11.4. The van der Waals surface area contributed by atoms with Crippen LogP contribution >= 0.6 is 22.7 Å².